The van der Waals surface area contributed by atoms with E-state index in [0.717, 1.165) is 4.57 Å². The molecule has 0 aliphatic carbocycles. The Morgan fingerprint density at radius 1 is 1.50 bits per heavy atom. The lowest BCUT2D eigenvalue weighted by molar-refractivity contribution is 0.766. The van der Waals surface area contributed by atoms with E-state index in [1.807, 2.05) is 13.0 Å². The molecule has 86 valence electrons. The molecule has 1 heterocycles. The molecule has 0 atom stereocenters. The quantitative estimate of drug-likeness (QED) is 0.581. The van der Waals surface area contributed by atoms with Crippen molar-refractivity contribution in [2.75, 3.05) is 12.1 Å². The Hall–Kier alpha value is -2.11. The van der Waals surface area contributed by atoms with Crippen molar-refractivity contribution in [3.05, 3.63) is 39.1 Å². The average Bonchev–Trinajstić information content (AvgIpc) is 2.25. The molecule has 0 fully saturated rings. The molecule has 6 nitrogen and oxygen atoms in total. The number of aromatic amines is 1. The largest absolute Gasteiger partial charge is 0.329 e. The molecular formula is C10H14N4O2. The molecule has 0 aromatic carbocycles. The van der Waals surface area contributed by atoms with Gasteiger partial charge in [-0.25, -0.2) is 4.79 Å². The van der Waals surface area contributed by atoms with Crippen LogP contribution in [0.1, 0.15) is 6.92 Å². The summed E-state index contributed by atoms with van der Waals surface area (Å²) in [4.78, 5) is 25.2. The van der Waals surface area contributed by atoms with Crippen LogP contribution < -0.4 is 16.3 Å². The van der Waals surface area contributed by atoms with E-state index in [1.165, 1.54) is 18.1 Å². The van der Waals surface area contributed by atoms with Crippen LogP contribution in [0.15, 0.2) is 32.9 Å². The van der Waals surface area contributed by atoms with Crippen LogP contribution >= 0.6 is 0 Å². The topological polar surface area (TPSA) is 70.5 Å². The lowest BCUT2D eigenvalue weighted by Crippen LogP contribution is -2.33. The van der Waals surface area contributed by atoms with Gasteiger partial charge in [-0.05, 0) is 13.0 Å². The molecule has 1 aromatic rings. The molecule has 1 rings (SSSR count). The first-order chi connectivity index (χ1) is 7.56. The van der Waals surface area contributed by atoms with E-state index in [0.29, 0.717) is 5.82 Å². The molecule has 0 saturated heterocycles. The summed E-state index contributed by atoms with van der Waals surface area (Å²) in [5.41, 5.74) is -0.831. The number of allylic oxidation sites excluding steroid dienone is 2. The summed E-state index contributed by atoms with van der Waals surface area (Å²) in [5, 5.41) is 5.42. The first-order valence-corrected chi connectivity index (χ1v) is 4.75. The Labute approximate surface area is 92.5 Å². The summed E-state index contributed by atoms with van der Waals surface area (Å²) in [6.45, 7) is 1.87. The second-order valence-corrected chi connectivity index (χ2v) is 3.17. The fourth-order valence-electron chi connectivity index (χ4n) is 1.00. The van der Waals surface area contributed by atoms with Gasteiger partial charge in [0.2, 0.25) is 0 Å². The third-order valence-electron chi connectivity index (χ3n) is 2.00. The van der Waals surface area contributed by atoms with Crippen molar-refractivity contribution in [2.24, 2.45) is 12.1 Å². The second kappa shape index (κ2) is 5.11. The zero-order valence-electron chi connectivity index (χ0n) is 9.47. The lowest BCUT2D eigenvalue weighted by Gasteiger charge is -2.11. The molecule has 1 N–H and O–H groups in total. The number of anilines is 1. The van der Waals surface area contributed by atoms with E-state index in [4.69, 9.17) is 0 Å². The van der Waals surface area contributed by atoms with Gasteiger partial charge in [0.05, 0.1) is 0 Å². The highest BCUT2D eigenvalue weighted by molar-refractivity contribution is 5.71. The van der Waals surface area contributed by atoms with Crippen LogP contribution in [0.5, 0.6) is 0 Å². The van der Waals surface area contributed by atoms with Crippen LogP contribution in [-0.2, 0) is 7.05 Å². The Bertz CT molecular complexity index is 493. The molecule has 0 spiro atoms. The Balaban J connectivity index is 3.06. The van der Waals surface area contributed by atoms with Gasteiger partial charge < -0.3 is 0 Å². The smallest absolute Gasteiger partial charge is 0.292 e. The van der Waals surface area contributed by atoms with Crippen molar-refractivity contribution in [2.45, 2.75) is 6.92 Å². The number of nitrogens with one attached hydrogen (secondary N) is 1. The first-order valence-electron chi connectivity index (χ1n) is 4.75. The minimum Gasteiger partial charge on any atom is -0.292 e. The van der Waals surface area contributed by atoms with Crippen LogP contribution in [0, 0.1) is 0 Å². The Kier molecular flexibility index (Phi) is 3.82. The van der Waals surface area contributed by atoms with Crippen molar-refractivity contribution >= 4 is 12.0 Å². The summed E-state index contributed by atoms with van der Waals surface area (Å²) in [7, 11) is 3.05. The van der Waals surface area contributed by atoms with Gasteiger partial charge in [-0.3, -0.25) is 19.4 Å². The highest BCUT2D eigenvalue weighted by atomic mass is 16.2. The zero-order valence-corrected chi connectivity index (χ0v) is 9.47. The highest BCUT2D eigenvalue weighted by Gasteiger charge is 2.03. The Morgan fingerprint density at radius 2 is 2.19 bits per heavy atom. The molecule has 0 radical (unpaired) electrons. The number of hydrogen-bond acceptors (Lipinski definition) is 4. The molecular weight excluding hydrogens is 208 g/mol. The number of hydrogen-bond donors (Lipinski definition) is 1. The van der Waals surface area contributed by atoms with E-state index in [9.17, 15) is 9.59 Å². The molecule has 6 heteroatoms. The van der Waals surface area contributed by atoms with Crippen LogP contribution in [0.3, 0.4) is 0 Å². The maximum Gasteiger partial charge on any atom is 0.329 e. The van der Waals surface area contributed by atoms with Gasteiger partial charge in [-0.15, -0.1) is 0 Å². The van der Waals surface area contributed by atoms with Gasteiger partial charge in [0.25, 0.3) is 5.56 Å². The number of H-pyrrole nitrogens is 1. The summed E-state index contributed by atoms with van der Waals surface area (Å²) in [6.07, 6.45) is 5.13. The molecule has 0 bridgehead atoms. The predicted octanol–water partition coefficient (Wildman–Crippen LogP) is 0.0717. The van der Waals surface area contributed by atoms with Crippen molar-refractivity contribution < 1.29 is 0 Å². The van der Waals surface area contributed by atoms with E-state index in [-0.39, 0.29) is 5.56 Å². The number of hydrazone groups is 1. The normalized spacial score (nSPS) is 11.4. The zero-order chi connectivity index (χ0) is 12.1. The molecule has 0 unspecified atom stereocenters. The van der Waals surface area contributed by atoms with Crippen molar-refractivity contribution in [3.8, 4) is 0 Å². The van der Waals surface area contributed by atoms with Crippen LogP contribution in [0.25, 0.3) is 0 Å². The van der Waals surface area contributed by atoms with Gasteiger partial charge in [0.15, 0.2) is 0 Å². The maximum absolute atomic E-state index is 11.3. The third kappa shape index (κ3) is 2.69. The van der Waals surface area contributed by atoms with E-state index >= 15 is 0 Å². The average molecular weight is 222 g/mol. The monoisotopic (exact) mass is 222 g/mol. The lowest BCUT2D eigenvalue weighted by atomic mass is 10.5. The van der Waals surface area contributed by atoms with Gasteiger partial charge in [-0.2, -0.15) is 5.10 Å². The SMILES string of the molecule is CC=CC=NN(C)c1cc(=O)n(C)c(=O)[nH]1. The summed E-state index contributed by atoms with van der Waals surface area (Å²) >= 11 is 0. The van der Waals surface area contributed by atoms with E-state index < -0.39 is 5.69 Å². The molecule has 0 saturated carbocycles. The van der Waals surface area contributed by atoms with Gasteiger partial charge in [0, 0.05) is 26.4 Å². The standard InChI is InChI=1S/C10H14N4O2/c1-4-5-6-11-14(3)8-7-9(15)13(2)10(16)12-8/h4-7H,1-3H3,(H,12,16). The number of rotatable bonds is 3. The predicted molar refractivity (Wildman–Crippen MR) is 64.0 cm³/mol. The van der Waals surface area contributed by atoms with Crippen LogP contribution in [0.2, 0.25) is 0 Å². The highest BCUT2D eigenvalue weighted by Crippen LogP contribution is 2.01. The van der Waals surface area contributed by atoms with Gasteiger partial charge in [-0.1, -0.05) is 6.08 Å². The molecule has 0 aliphatic heterocycles. The summed E-state index contributed by atoms with van der Waals surface area (Å²) < 4.78 is 0.993. The Morgan fingerprint density at radius 3 is 2.75 bits per heavy atom. The van der Waals surface area contributed by atoms with E-state index in [1.54, 1.807) is 19.3 Å². The van der Waals surface area contributed by atoms with Gasteiger partial charge >= 0.3 is 5.69 Å². The maximum atomic E-state index is 11.3. The summed E-state index contributed by atoms with van der Waals surface area (Å²) in [5.74, 6) is 0.355. The molecule has 1 aromatic heterocycles. The first kappa shape index (κ1) is 12.0. The number of nitrogens with zero attached hydrogens (tertiary/aromatic N) is 3. The van der Waals surface area contributed by atoms with Crippen molar-refractivity contribution in [1.82, 2.24) is 9.55 Å². The van der Waals surface area contributed by atoms with Crippen molar-refractivity contribution in [1.29, 1.82) is 0 Å². The fourth-order valence-corrected chi connectivity index (χ4v) is 1.00. The van der Waals surface area contributed by atoms with Gasteiger partial charge in [0.1, 0.15) is 5.82 Å². The van der Waals surface area contributed by atoms with Crippen LogP contribution in [0.4, 0.5) is 5.82 Å². The molecule has 0 amide bonds. The fraction of sp³-hybridized carbons (Fsp3) is 0.300. The van der Waals surface area contributed by atoms with Crippen molar-refractivity contribution in [3.63, 3.8) is 0 Å². The summed E-state index contributed by atoms with van der Waals surface area (Å²) in [6, 6.07) is 1.31. The minimum absolute atomic E-state index is 0.355. The van der Waals surface area contributed by atoms with Crippen LogP contribution in [-0.4, -0.2) is 22.8 Å². The third-order valence-corrected chi connectivity index (χ3v) is 2.00. The molecule has 16 heavy (non-hydrogen) atoms. The second-order valence-electron chi connectivity index (χ2n) is 3.17. The van der Waals surface area contributed by atoms with E-state index in [2.05, 4.69) is 10.1 Å². The number of aromatic nitrogens is 2. The minimum atomic E-state index is -0.462. The molecule has 0 aliphatic rings.